The maximum atomic E-state index is 15.2. The van der Waals surface area contributed by atoms with Gasteiger partial charge >= 0.3 is 0 Å². The molecule has 1 aromatic carbocycles. The Morgan fingerprint density at radius 3 is 2.68 bits per heavy atom. The molecular weight excluding hydrogens is 547 g/mol. The Labute approximate surface area is 243 Å². The molecule has 0 spiro atoms. The quantitative estimate of drug-likeness (QED) is 0.457. The number of nitrogens with zero attached hydrogens (tertiary/aromatic N) is 3. The summed E-state index contributed by atoms with van der Waals surface area (Å²) in [4.78, 5) is 30.2. The van der Waals surface area contributed by atoms with Crippen LogP contribution in [0.3, 0.4) is 0 Å². The number of morpholine rings is 1. The largest absolute Gasteiger partial charge is 0.378 e. The number of ether oxygens (including phenoxy) is 2. The first kappa shape index (κ1) is 29.6. The van der Waals surface area contributed by atoms with Gasteiger partial charge in [-0.25, -0.2) is 9.29 Å². The zero-order valence-corrected chi connectivity index (χ0v) is 24.5. The van der Waals surface area contributed by atoms with E-state index in [0.717, 1.165) is 24.8 Å². The van der Waals surface area contributed by atoms with Crippen LogP contribution in [0.5, 0.6) is 0 Å². The van der Waals surface area contributed by atoms with Crippen LogP contribution in [-0.2, 0) is 20.7 Å². The smallest absolute Gasteiger partial charge is 0.264 e. The molecule has 2 bridgehead atoms. The SMILES string of the molecule is CC(C)(C)OC(O)N1[C@@H]2CC[C@@H](C2)[C@H]1C(=O)N[C@H](C#N)Cc1ccc(-c2csc(C(=O)N3CCOCC3)c2)cc1F. The molecule has 0 radical (unpaired) electrons. The molecule has 5 rings (SSSR count). The van der Waals surface area contributed by atoms with Gasteiger partial charge in [-0.1, -0.05) is 12.1 Å². The highest BCUT2D eigenvalue weighted by Gasteiger charge is 2.52. The van der Waals surface area contributed by atoms with Crippen LogP contribution in [0.4, 0.5) is 4.39 Å². The van der Waals surface area contributed by atoms with Gasteiger partial charge in [-0.05, 0) is 80.2 Å². The Kier molecular flexibility index (Phi) is 8.78. The molecular formula is C30H37FN4O5S. The lowest BCUT2D eigenvalue weighted by Gasteiger charge is -2.39. The molecule has 1 unspecified atom stereocenters. The maximum Gasteiger partial charge on any atom is 0.264 e. The van der Waals surface area contributed by atoms with Crippen molar-refractivity contribution in [1.82, 2.24) is 15.1 Å². The minimum Gasteiger partial charge on any atom is -0.378 e. The number of halogens is 1. The highest BCUT2D eigenvalue weighted by Crippen LogP contribution is 2.44. The summed E-state index contributed by atoms with van der Waals surface area (Å²) in [5, 5.41) is 25.2. The van der Waals surface area contributed by atoms with Crippen LogP contribution in [0.25, 0.3) is 11.1 Å². The molecule has 2 N–H and O–H groups in total. The van der Waals surface area contributed by atoms with Crippen molar-refractivity contribution in [3.63, 3.8) is 0 Å². The highest BCUT2D eigenvalue weighted by atomic mass is 32.1. The van der Waals surface area contributed by atoms with Gasteiger partial charge in [0, 0.05) is 25.6 Å². The fraction of sp³-hybridized carbons (Fsp3) is 0.567. The topological polar surface area (TPSA) is 115 Å². The summed E-state index contributed by atoms with van der Waals surface area (Å²) in [6.07, 6.45) is 1.31. The lowest BCUT2D eigenvalue weighted by atomic mass is 9.97. The molecule has 11 heteroatoms. The predicted octanol–water partition coefficient (Wildman–Crippen LogP) is 3.52. The second-order valence-electron chi connectivity index (χ2n) is 12.0. The summed E-state index contributed by atoms with van der Waals surface area (Å²) in [5.41, 5.74) is 1.09. The number of thiophene rings is 1. The van der Waals surface area contributed by atoms with Crippen molar-refractivity contribution in [2.45, 2.75) is 76.6 Å². The lowest BCUT2D eigenvalue weighted by Crippen LogP contribution is -2.57. The molecule has 1 saturated carbocycles. The number of nitrogens with one attached hydrogen (secondary N) is 1. The first-order valence-electron chi connectivity index (χ1n) is 14.1. The third-order valence-corrected chi connectivity index (χ3v) is 8.93. The number of hydrogen-bond acceptors (Lipinski definition) is 8. The number of nitriles is 1. The van der Waals surface area contributed by atoms with E-state index in [1.54, 1.807) is 28.0 Å². The van der Waals surface area contributed by atoms with E-state index >= 15 is 4.39 Å². The van der Waals surface area contributed by atoms with E-state index in [1.807, 2.05) is 26.2 Å². The molecule has 220 valence electrons. The van der Waals surface area contributed by atoms with Crippen LogP contribution in [-0.4, -0.2) is 83.2 Å². The summed E-state index contributed by atoms with van der Waals surface area (Å²) >= 11 is 1.32. The molecule has 1 aromatic heterocycles. The Hall–Kier alpha value is -2.88. The molecule has 41 heavy (non-hydrogen) atoms. The summed E-state index contributed by atoms with van der Waals surface area (Å²) in [5.74, 6) is -0.826. The van der Waals surface area contributed by atoms with E-state index in [-0.39, 0.29) is 30.2 Å². The zero-order valence-electron chi connectivity index (χ0n) is 23.6. The van der Waals surface area contributed by atoms with Gasteiger partial charge in [0.2, 0.25) is 12.3 Å². The summed E-state index contributed by atoms with van der Waals surface area (Å²) in [7, 11) is 0. The third-order valence-electron chi connectivity index (χ3n) is 8.01. The van der Waals surface area contributed by atoms with Crippen molar-refractivity contribution in [3.8, 4) is 17.2 Å². The molecule has 2 aromatic rings. The van der Waals surface area contributed by atoms with Gasteiger partial charge in [0.25, 0.3) is 5.91 Å². The molecule has 2 aliphatic heterocycles. The first-order valence-corrected chi connectivity index (χ1v) is 15.0. The standard InChI is InChI=1S/C30H37FN4O5S/c1-30(2,3)40-29(38)35-23-7-6-20(13-23)26(35)27(36)33-22(16-32)12-19-5-4-18(14-24(19)31)21-15-25(41-17-21)28(37)34-8-10-39-11-9-34/h4-5,14-15,17,20,22-23,26,29,38H,6-13H2,1-3H3,(H,33,36)/t20-,22-,23+,26-,29?/m0/s1. The number of carbonyl (C=O) groups is 2. The molecule has 3 aliphatic rings. The van der Waals surface area contributed by atoms with Crippen LogP contribution in [0, 0.1) is 23.1 Å². The van der Waals surface area contributed by atoms with Crippen LogP contribution < -0.4 is 5.32 Å². The maximum absolute atomic E-state index is 15.2. The Morgan fingerprint density at radius 2 is 2.00 bits per heavy atom. The van der Waals surface area contributed by atoms with Gasteiger partial charge in [-0.2, -0.15) is 5.26 Å². The van der Waals surface area contributed by atoms with Gasteiger partial charge < -0.3 is 24.8 Å². The average Bonchev–Trinajstić information content (AvgIpc) is 3.69. The number of amides is 2. The molecule has 2 amide bonds. The van der Waals surface area contributed by atoms with Crippen LogP contribution in [0.2, 0.25) is 0 Å². The van der Waals surface area contributed by atoms with Crippen molar-refractivity contribution in [1.29, 1.82) is 5.26 Å². The zero-order chi connectivity index (χ0) is 29.3. The van der Waals surface area contributed by atoms with Crippen molar-refractivity contribution in [2.24, 2.45) is 5.92 Å². The lowest BCUT2D eigenvalue weighted by molar-refractivity contribution is -0.254. The van der Waals surface area contributed by atoms with E-state index in [1.165, 1.54) is 17.4 Å². The number of carbonyl (C=O) groups excluding carboxylic acids is 2. The number of hydrogen-bond donors (Lipinski definition) is 2. The van der Waals surface area contributed by atoms with Crippen molar-refractivity contribution in [3.05, 3.63) is 45.9 Å². The molecule has 9 nitrogen and oxygen atoms in total. The summed E-state index contributed by atoms with van der Waals surface area (Å²) in [6.45, 7) is 7.67. The number of likely N-dealkylation sites (tertiary alicyclic amines) is 1. The Morgan fingerprint density at radius 1 is 1.24 bits per heavy atom. The third kappa shape index (κ3) is 6.63. The van der Waals surface area contributed by atoms with Crippen LogP contribution >= 0.6 is 11.3 Å². The molecule has 3 fully saturated rings. The minimum atomic E-state index is -1.23. The van der Waals surface area contributed by atoms with E-state index in [2.05, 4.69) is 11.4 Å². The van der Waals surface area contributed by atoms with Gasteiger partial charge in [0.05, 0.1) is 35.8 Å². The molecule has 3 heterocycles. The predicted molar refractivity (Wildman–Crippen MR) is 151 cm³/mol. The number of aliphatic hydroxyl groups excluding tert-OH is 1. The number of aliphatic hydroxyl groups is 1. The number of piperidine rings is 1. The minimum absolute atomic E-state index is 0.000612. The molecule has 1 aliphatic carbocycles. The number of rotatable bonds is 8. The van der Waals surface area contributed by atoms with Crippen molar-refractivity contribution in [2.75, 3.05) is 26.3 Å². The van der Waals surface area contributed by atoms with E-state index in [9.17, 15) is 20.0 Å². The monoisotopic (exact) mass is 584 g/mol. The van der Waals surface area contributed by atoms with Crippen molar-refractivity contribution < 1.29 is 28.6 Å². The van der Waals surface area contributed by atoms with Gasteiger partial charge in [-0.15, -0.1) is 11.3 Å². The summed E-state index contributed by atoms with van der Waals surface area (Å²) in [6, 6.07) is 7.13. The first-order chi connectivity index (χ1) is 19.5. The van der Waals surface area contributed by atoms with E-state index < -0.39 is 29.9 Å². The van der Waals surface area contributed by atoms with Crippen LogP contribution in [0.1, 0.15) is 55.3 Å². The van der Waals surface area contributed by atoms with Gasteiger partial charge in [0.15, 0.2) is 0 Å². The highest BCUT2D eigenvalue weighted by molar-refractivity contribution is 7.12. The normalized spacial score (nSPS) is 24.2. The Balaban J connectivity index is 1.23. The second kappa shape index (κ2) is 12.2. The van der Waals surface area contributed by atoms with Crippen LogP contribution in [0.15, 0.2) is 29.6 Å². The second-order valence-corrected chi connectivity index (χ2v) is 12.9. The van der Waals surface area contributed by atoms with E-state index in [4.69, 9.17) is 9.47 Å². The molecule has 2 saturated heterocycles. The number of fused-ring (bicyclic) bond motifs is 2. The van der Waals surface area contributed by atoms with Gasteiger partial charge in [-0.3, -0.25) is 9.59 Å². The summed E-state index contributed by atoms with van der Waals surface area (Å²) < 4.78 is 26.3. The average molecular weight is 585 g/mol. The van der Waals surface area contributed by atoms with Gasteiger partial charge in [0.1, 0.15) is 11.9 Å². The molecule has 5 atom stereocenters. The number of benzene rings is 1. The fourth-order valence-corrected chi connectivity index (χ4v) is 6.97. The van der Waals surface area contributed by atoms with E-state index in [0.29, 0.717) is 42.3 Å². The fourth-order valence-electron chi connectivity index (χ4n) is 6.08. The van der Waals surface area contributed by atoms with Crippen molar-refractivity contribution >= 4 is 23.2 Å². The Bertz CT molecular complexity index is 1310.